The van der Waals surface area contributed by atoms with E-state index in [4.69, 9.17) is 10.2 Å². The molecule has 0 saturated carbocycles. The molecule has 12 heavy (non-hydrogen) atoms. The van der Waals surface area contributed by atoms with Crippen molar-refractivity contribution >= 4 is 5.97 Å². The van der Waals surface area contributed by atoms with E-state index >= 15 is 0 Å². The molecule has 0 fully saturated rings. The maximum absolute atomic E-state index is 9.96. The number of hydrogen-bond donors (Lipinski definition) is 4. The fourth-order valence-corrected chi connectivity index (χ4v) is 0.521. The standard InChI is InChI=1S/C6H12O3.2H3N.Ti/c1-2-3-4-5(7)6(8)9;;;/h5,7H,2-4H2,1H3,(H,8,9);2*1H3;. The number of aliphatic hydroxyl groups is 1. The van der Waals surface area contributed by atoms with E-state index in [1.807, 2.05) is 6.92 Å². The number of carboxylic acids is 1. The summed E-state index contributed by atoms with van der Waals surface area (Å²) in [5, 5.41) is 16.8. The largest absolute Gasteiger partial charge is 0.479 e. The number of aliphatic hydroxyl groups excluding tert-OH is 1. The quantitative estimate of drug-likeness (QED) is 0.518. The Hall–Kier alpha value is 0.0643. The molecule has 0 aromatic carbocycles. The van der Waals surface area contributed by atoms with Crippen molar-refractivity contribution in [2.45, 2.75) is 32.3 Å². The average Bonchev–Trinajstić information content (AvgIpc) is 1.82. The van der Waals surface area contributed by atoms with E-state index in [2.05, 4.69) is 0 Å². The zero-order valence-electron chi connectivity index (χ0n) is 7.42. The molecule has 0 bridgehead atoms. The van der Waals surface area contributed by atoms with Gasteiger partial charge in [0, 0.05) is 21.7 Å². The number of hydrogen-bond acceptors (Lipinski definition) is 4. The molecule has 0 aliphatic carbocycles. The van der Waals surface area contributed by atoms with Gasteiger partial charge < -0.3 is 22.5 Å². The van der Waals surface area contributed by atoms with Gasteiger partial charge in [0.1, 0.15) is 0 Å². The zero-order chi connectivity index (χ0) is 7.28. The van der Waals surface area contributed by atoms with Crippen LogP contribution in [0.1, 0.15) is 26.2 Å². The second-order valence-corrected chi connectivity index (χ2v) is 2.00. The summed E-state index contributed by atoms with van der Waals surface area (Å²) in [5.41, 5.74) is 0. The van der Waals surface area contributed by atoms with Gasteiger partial charge >= 0.3 is 5.97 Å². The van der Waals surface area contributed by atoms with E-state index in [9.17, 15) is 4.79 Å². The summed E-state index contributed by atoms with van der Waals surface area (Å²) >= 11 is 0. The SMILES string of the molecule is CCCCC(O)C(=O)O.N.N.[Ti]. The van der Waals surface area contributed by atoms with Gasteiger partial charge in [-0.15, -0.1) is 0 Å². The van der Waals surface area contributed by atoms with Crippen LogP contribution < -0.4 is 12.3 Å². The van der Waals surface area contributed by atoms with Crippen LogP contribution in [0.5, 0.6) is 0 Å². The van der Waals surface area contributed by atoms with Crippen molar-refractivity contribution in [2.75, 3.05) is 0 Å². The Bertz CT molecular complexity index is 103. The van der Waals surface area contributed by atoms with E-state index in [0.29, 0.717) is 6.42 Å². The Morgan fingerprint density at radius 2 is 1.83 bits per heavy atom. The van der Waals surface area contributed by atoms with Crippen LogP contribution in [0.15, 0.2) is 0 Å². The van der Waals surface area contributed by atoms with Crippen LogP contribution in [0.25, 0.3) is 0 Å². The number of aliphatic carboxylic acids is 1. The number of rotatable bonds is 4. The van der Waals surface area contributed by atoms with Gasteiger partial charge in [0.25, 0.3) is 0 Å². The van der Waals surface area contributed by atoms with E-state index in [0.717, 1.165) is 12.8 Å². The minimum atomic E-state index is -1.16. The first kappa shape index (κ1) is 22.7. The second-order valence-electron chi connectivity index (χ2n) is 2.00. The van der Waals surface area contributed by atoms with Crippen molar-refractivity contribution in [1.82, 2.24) is 12.3 Å². The smallest absolute Gasteiger partial charge is 0.332 e. The molecule has 0 aromatic heterocycles. The number of unbranched alkanes of at least 4 members (excludes halogenated alkanes) is 1. The molecular weight excluding hydrogens is 196 g/mol. The van der Waals surface area contributed by atoms with E-state index in [1.165, 1.54) is 0 Å². The van der Waals surface area contributed by atoms with Crippen LogP contribution in [0.4, 0.5) is 0 Å². The minimum Gasteiger partial charge on any atom is -0.479 e. The molecule has 1 unspecified atom stereocenters. The summed E-state index contributed by atoms with van der Waals surface area (Å²) in [4.78, 5) is 9.96. The normalized spacial score (nSPS) is 9.83. The first-order valence-electron chi connectivity index (χ1n) is 3.09. The van der Waals surface area contributed by atoms with Crippen LogP contribution in [0.3, 0.4) is 0 Å². The summed E-state index contributed by atoms with van der Waals surface area (Å²) in [6, 6.07) is 0. The Morgan fingerprint density at radius 1 is 1.42 bits per heavy atom. The van der Waals surface area contributed by atoms with Crippen molar-refractivity contribution in [2.24, 2.45) is 0 Å². The monoisotopic (exact) mass is 214 g/mol. The van der Waals surface area contributed by atoms with Gasteiger partial charge in [-0.05, 0) is 6.42 Å². The first-order chi connectivity index (χ1) is 4.18. The van der Waals surface area contributed by atoms with Crippen molar-refractivity contribution in [3.8, 4) is 0 Å². The van der Waals surface area contributed by atoms with Gasteiger partial charge in [-0.25, -0.2) is 4.79 Å². The zero-order valence-corrected chi connectivity index (χ0v) is 8.98. The van der Waals surface area contributed by atoms with Gasteiger partial charge in [0.2, 0.25) is 0 Å². The maximum Gasteiger partial charge on any atom is 0.332 e. The molecule has 0 heterocycles. The molecule has 0 saturated heterocycles. The van der Waals surface area contributed by atoms with Crippen LogP contribution in [0.2, 0.25) is 0 Å². The minimum absolute atomic E-state index is 0. The van der Waals surface area contributed by atoms with E-state index in [-0.39, 0.29) is 34.0 Å². The summed E-state index contributed by atoms with van der Waals surface area (Å²) in [6.07, 6.45) is 0.897. The Labute approximate surface area is 87.6 Å². The topological polar surface area (TPSA) is 128 Å². The van der Waals surface area contributed by atoms with Crippen LogP contribution in [0, 0.1) is 0 Å². The summed E-state index contributed by atoms with van der Waals surface area (Å²) < 4.78 is 0. The molecule has 5 nitrogen and oxygen atoms in total. The van der Waals surface area contributed by atoms with Crippen molar-refractivity contribution in [1.29, 1.82) is 0 Å². The molecule has 8 N–H and O–H groups in total. The average molecular weight is 214 g/mol. The predicted octanol–water partition coefficient (Wildman–Crippen LogP) is 0.944. The van der Waals surface area contributed by atoms with E-state index < -0.39 is 12.1 Å². The number of carboxylic acid groups (broad SMARTS) is 1. The summed E-state index contributed by atoms with van der Waals surface area (Å²) in [6.45, 7) is 1.95. The first-order valence-corrected chi connectivity index (χ1v) is 3.09. The third-order valence-electron chi connectivity index (χ3n) is 1.12. The molecule has 0 radical (unpaired) electrons. The van der Waals surface area contributed by atoms with Gasteiger partial charge in [-0.1, -0.05) is 19.8 Å². The molecule has 0 aromatic rings. The summed E-state index contributed by atoms with van der Waals surface area (Å²) in [5.74, 6) is -1.12. The number of carbonyl (C=O) groups is 1. The predicted molar refractivity (Wildman–Crippen MR) is 43.2 cm³/mol. The van der Waals surface area contributed by atoms with Crippen molar-refractivity contribution in [3.63, 3.8) is 0 Å². The Balaban J connectivity index is -0.000000107. The molecule has 0 amide bonds. The summed E-state index contributed by atoms with van der Waals surface area (Å²) in [7, 11) is 0. The third-order valence-corrected chi connectivity index (χ3v) is 1.12. The molecule has 0 spiro atoms. The van der Waals surface area contributed by atoms with Gasteiger partial charge in [-0.3, -0.25) is 0 Å². The van der Waals surface area contributed by atoms with Gasteiger partial charge in [0.05, 0.1) is 0 Å². The third kappa shape index (κ3) is 12.7. The van der Waals surface area contributed by atoms with Gasteiger partial charge in [0.15, 0.2) is 6.10 Å². The molecule has 6 heteroatoms. The molecular formula is C6H18N2O3Ti. The molecule has 74 valence electrons. The molecule has 0 aliphatic rings. The van der Waals surface area contributed by atoms with Crippen LogP contribution in [-0.2, 0) is 26.5 Å². The Kier molecular flexibility index (Phi) is 25.8. The van der Waals surface area contributed by atoms with Crippen molar-refractivity contribution < 1.29 is 36.7 Å². The van der Waals surface area contributed by atoms with Crippen LogP contribution >= 0.6 is 0 Å². The second kappa shape index (κ2) is 13.6. The fraction of sp³-hybridized carbons (Fsp3) is 0.833. The molecule has 1 atom stereocenters. The Morgan fingerprint density at radius 3 is 2.08 bits per heavy atom. The van der Waals surface area contributed by atoms with Crippen molar-refractivity contribution in [3.05, 3.63) is 0 Å². The van der Waals surface area contributed by atoms with E-state index in [1.54, 1.807) is 0 Å². The fourth-order valence-electron chi connectivity index (χ4n) is 0.521. The molecule has 0 rings (SSSR count). The maximum atomic E-state index is 9.96. The van der Waals surface area contributed by atoms with Gasteiger partial charge in [-0.2, -0.15) is 0 Å². The molecule has 0 aliphatic heterocycles. The van der Waals surface area contributed by atoms with Crippen LogP contribution in [-0.4, -0.2) is 22.3 Å².